The smallest absolute Gasteiger partial charge is 0.264 e. The fourth-order valence-corrected chi connectivity index (χ4v) is 3.70. The number of nitrogens with zero attached hydrogens (tertiary/aromatic N) is 2. The summed E-state index contributed by atoms with van der Waals surface area (Å²) in [5, 5.41) is 4.61. The number of fused-ring (bicyclic) bond motifs is 1. The highest BCUT2D eigenvalue weighted by Gasteiger charge is 2.24. The number of aliphatic imine (C=N–C) groups is 1. The molecule has 0 bridgehead atoms. The van der Waals surface area contributed by atoms with Crippen molar-refractivity contribution in [2.45, 2.75) is 6.92 Å². The predicted octanol–water partition coefficient (Wildman–Crippen LogP) is 4.38. The van der Waals surface area contributed by atoms with E-state index in [9.17, 15) is 4.79 Å². The monoisotopic (exact) mass is 347 g/mol. The molecule has 0 unspecified atom stereocenters. The molecule has 25 heavy (non-hydrogen) atoms. The molecule has 1 N–H and O–H groups in total. The number of rotatable bonds is 2. The lowest BCUT2D eigenvalue weighted by Crippen LogP contribution is -2.19. The SMILES string of the molecule is Cc1cccc(N=C2NC(=O)/C(=C\c3cc4ccccc4n3C)S2)c1. The zero-order chi connectivity index (χ0) is 17.4. The van der Waals surface area contributed by atoms with E-state index in [1.165, 1.54) is 11.8 Å². The Morgan fingerprint density at radius 3 is 2.76 bits per heavy atom. The van der Waals surface area contributed by atoms with Crippen molar-refractivity contribution >= 4 is 45.5 Å². The summed E-state index contributed by atoms with van der Waals surface area (Å²) in [6.45, 7) is 2.02. The highest BCUT2D eigenvalue weighted by atomic mass is 32.2. The Bertz CT molecular complexity index is 1050. The standard InChI is InChI=1S/C20H17N3OS/c1-13-6-5-8-15(10-13)21-20-22-19(24)18(25-20)12-16-11-14-7-3-4-9-17(14)23(16)2/h3-12H,1-2H3,(H,21,22,24)/b18-12+. The zero-order valence-corrected chi connectivity index (χ0v) is 14.8. The Morgan fingerprint density at radius 2 is 1.96 bits per heavy atom. The lowest BCUT2D eigenvalue weighted by molar-refractivity contribution is -0.115. The minimum absolute atomic E-state index is 0.110. The van der Waals surface area contributed by atoms with Gasteiger partial charge in [-0.15, -0.1) is 0 Å². The van der Waals surface area contributed by atoms with Gasteiger partial charge in [-0.3, -0.25) is 4.79 Å². The molecule has 5 heteroatoms. The second kappa shape index (κ2) is 6.26. The fraction of sp³-hybridized carbons (Fsp3) is 0.100. The molecule has 124 valence electrons. The van der Waals surface area contributed by atoms with Crippen LogP contribution in [0.2, 0.25) is 0 Å². The third-order valence-electron chi connectivity index (χ3n) is 4.15. The van der Waals surface area contributed by atoms with Gasteiger partial charge in [0.1, 0.15) is 0 Å². The summed E-state index contributed by atoms with van der Waals surface area (Å²) in [5.74, 6) is -0.110. The van der Waals surface area contributed by atoms with Crippen LogP contribution in [-0.2, 0) is 11.8 Å². The number of carbonyl (C=O) groups excluding carboxylic acids is 1. The van der Waals surface area contributed by atoms with E-state index in [2.05, 4.69) is 33.1 Å². The van der Waals surface area contributed by atoms with Crippen LogP contribution in [-0.4, -0.2) is 15.6 Å². The van der Waals surface area contributed by atoms with Crippen molar-refractivity contribution < 1.29 is 4.79 Å². The topological polar surface area (TPSA) is 46.4 Å². The molecule has 0 aliphatic carbocycles. The second-order valence-electron chi connectivity index (χ2n) is 6.01. The lowest BCUT2D eigenvalue weighted by atomic mass is 10.2. The first-order chi connectivity index (χ1) is 12.1. The number of hydrogen-bond donors (Lipinski definition) is 1. The van der Waals surface area contributed by atoms with Gasteiger partial charge in [0, 0.05) is 23.6 Å². The van der Waals surface area contributed by atoms with E-state index in [1.807, 2.05) is 56.4 Å². The largest absolute Gasteiger partial charge is 0.344 e. The third kappa shape index (κ3) is 3.10. The van der Waals surface area contributed by atoms with Crippen LogP contribution < -0.4 is 5.32 Å². The molecule has 4 nitrogen and oxygen atoms in total. The van der Waals surface area contributed by atoms with Gasteiger partial charge in [0.15, 0.2) is 5.17 Å². The maximum absolute atomic E-state index is 12.3. The minimum atomic E-state index is -0.110. The van der Waals surface area contributed by atoms with Gasteiger partial charge in [-0.05, 0) is 54.6 Å². The molecule has 4 rings (SSSR count). The lowest BCUT2D eigenvalue weighted by Gasteiger charge is -1.99. The Hall–Kier alpha value is -2.79. The molecular formula is C20H17N3OS. The van der Waals surface area contributed by atoms with E-state index in [4.69, 9.17) is 0 Å². The van der Waals surface area contributed by atoms with Crippen LogP contribution in [0.1, 0.15) is 11.3 Å². The average molecular weight is 347 g/mol. The van der Waals surface area contributed by atoms with Gasteiger partial charge in [0.25, 0.3) is 5.91 Å². The van der Waals surface area contributed by atoms with Crippen molar-refractivity contribution in [3.05, 3.63) is 70.8 Å². The van der Waals surface area contributed by atoms with E-state index >= 15 is 0 Å². The molecule has 0 atom stereocenters. The molecule has 2 aromatic carbocycles. The summed E-state index contributed by atoms with van der Waals surface area (Å²) >= 11 is 1.37. The highest BCUT2D eigenvalue weighted by Crippen LogP contribution is 2.29. The average Bonchev–Trinajstić information content (AvgIpc) is 3.09. The normalized spacial score (nSPS) is 17.6. The molecule has 0 radical (unpaired) electrons. The van der Waals surface area contributed by atoms with Crippen LogP contribution in [0.5, 0.6) is 0 Å². The summed E-state index contributed by atoms with van der Waals surface area (Å²) in [4.78, 5) is 17.5. The van der Waals surface area contributed by atoms with Crippen LogP contribution in [0.3, 0.4) is 0 Å². The van der Waals surface area contributed by atoms with E-state index in [1.54, 1.807) is 0 Å². The summed E-state index contributed by atoms with van der Waals surface area (Å²) in [5.41, 5.74) is 4.12. The fourth-order valence-electron chi connectivity index (χ4n) is 2.88. The second-order valence-corrected chi connectivity index (χ2v) is 7.04. The number of amides is 1. The molecule has 1 aromatic heterocycles. The van der Waals surface area contributed by atoms with E-state index in [0.717, 1.165) is 27.8 Å². The van der Waals surface area contributed by atoms with E-state index in [0.29, 0.717) is 10.1 Å². The van der Waals surface area contributed by atoms with Gasteiger partial charge in [0.2, 0.25) is 0 Å². The van der Waals surface area contributed by atoms with Gasteiger partial charge < -0.3 is 9.88 Å². The maximum atomic E-state index is 12.3. The Balaban J connectivity index is 1.65. The van der Waals surface area contributed by atoms with E-state index < -0.39 is 0 Å². The van der Waals surface area contributed by atoms with Gasteiger partial charge in [-0.2, -0.15) is 0 Å². The van der Waals surface area contributed by atoms with Crippen LogP contribution in [0.25, 0.3) is 17.0 Å². The quantitative estimate of drug-likeness (QED) is 0.699. The van der Waals surface area contributed by atoms with Gasteiger partial charge in [-0.25, -0.2) is 4.99 Å². The number of aromatic nitrogens is 1. The molecule has 0 spiro atoms. The summed E-state index contributed by atoms with van der Waals surface area (Å²) in [7, 11) is 2.01. The highest BCUT2D eigenvalue weighted by molar-refractivity contribution is 8.18. The Morgan fingerprint density at radius 1 is 1.12 bits per heavy atom. The third-order valence-corrected chi connectivity index (χ3v) is 5.06. The number of aryl methyl sites for hydroxylation is 2. The van der Waals surface area contributed by atoms with Crippen molar-refractivity contribution in [2.75, 3.05) is 0 Å². The van der Waals surface area contributed by atoms with Crippen LogP contribution in [0.15, 0.2) is 64.5 Å². The van der Waals surface area contributed by atoms with Crippen molar-refractivity contribution in [3.63, 3.8) is 0 Å². The first-order valence-electron chi connectivity index (χ1n) is 8.01. The molecule has 0 saturated carbocycles. The number of carbonyl (C=O) groups is 1. The van der Waals surface area contributed by atoms with Gasteiger partial charge >= 0.3 is 0 Å². The maximum Gasteiger partial charge on any atom is 0.264 e. The Kier molecular flexibility index (Phi) is 3.93. The number of amidine groups is 1. The van der Waals surface area contributed by atoms with Crippen molar-refractivity contribution in [3.8, 4) is 0 Å². The molecule has 1 amide bonds. The van der Waals surface area contributed by atoms with Gasteiger partial charge in [0.05, 0.1) is 10.6 Å². The number of hydrogen-bond acceptors (Lipinski definition) is 3. The Labute approximate surface area is 150 Å². The van der Waals surface area contributed by atoms with E-state index in [-0.39, 0.29) is 5.91 Å². The summed E-state index contributed by atoms with van der Waals surface area (Å²) < 4.78 is 2.09. The summed E-state index contributed by atoms with van der Waals surface area (Å²) in [6, 6.07) is 18.2. The molecule has 1 fully saturated rings. The van der Waals surface area contributed by atoms with Crippen molar-refractivity contribution in [1.29, 1.82) is 0 Å². The van der Waals surface area contributed by atoms with Gasteiger partial charge in [-0.1, -0.05) is 30.3 Å². The predicted molar refractivity (Wildman–Crippen MR) is 105 cm³/mol. The van der Waals surface area contributed by atoms with Crippen molar-refractivity contribution in [2.24, 2.45) is 12.0 Å². The number of nitrogens with one attached hydrogen (secondary N) is 1. The molecule has 1 aliphatic heterocycles. The zero-order valence-electron chi connectivity index (χ0n) is 14.0. The molecular weight excluding hydrogens is 330 g/mol. The number of benzene rings is 2. The molecule has 1 saturated heterocycles. The van der Waals surface area contributed by atoms with Crippen molar-refractivity contribution in [1.82, 2.24) is 9.88 Å². The molecule has 2 heterocycles. The molecule has 1 aliphatic rings. The van der Waals surface area contributed by atoms with Crippen LogP contribution >= 0.6 is 11.8 Å². The number of para-hydroxylation sites is 1. The molecule has 3 aromatic rings. The summed E-state index contributed by atoms with van der Waals surface area (Å²) in [6.07, 6.45) is 1.92. The number of thioether (sulfide) groups is 1. The van der Waals surface area contributed by atoms with Crippen LogP contribution in [0, 0.1) is 6.92 Å². The first-order valence-corrected chi connectivity index (χ1v) is 8.82. The minimum Gasteiger partial charge on any atom is -0.344 e. The van der Waals surface area contributed by atoms with Crippen LogP contribution in [0.4, 0.5) is 5.69 Å². The first kappa shape index (κ1) is 15.7.